The number of aromatic carboxylic acids is 1. The van der Waals surface area contributed by atoms with Crippen molar-refractivity contribution in [2.24, 2.45) is 0 Å². The lowest BCUT2D eigenvalue weighted by Gasteiger charge is -2.28. The van der Waals surface area contributed by atoms with Crippen molar-refractivity contribution in [3.05, 3.63) is 16.1 Å². The minimum absolute atomic E-state index is 0.0159. The summed E-state index contributed by atoms with van der Waals surface area (Å²) in [6.07, 6.45) is 3.42. The topological polar surface area (TPSA) is 103 Å². The molecule has 2 amide bonds. The highest BCUT2D eigenvalue weighted by Crippen LogP contribution is 2.29. The maximum absolute atomic E-state index is 12.0. The second-order valence-corrected chi connectivity index (χ2v) is 6.32. The summed E-state index contributed by atoms with van der Waals surface area (Å²) >= 11 is 1.19. The molecule has 8 heteroatoms. The first-order valence-corrected chi connectivity index (χ1v) is 7.67. The third kappa shape index (κ3) is 4.15. The monoisotopic (exact) mass is 313 g/mol. The maximum Gasteiger partial charge on any atom is 0.355 e. The molecule has 2 rings (SSSR count). The standard InChI is InChI=1S/C13H19N3O4S/c1-16(8-13(20)4-2-3-5-13)12(19)14-6-10-15-9(7-21-10)11(17)18/h7,20H,2-6,8H2,1H3,(H,14,19)(H,17,18). The number of carboxylic acids is 1. The highest BCUT2D eigenvalue weighted by molar-refractivity contribution is 7.09. The Labute approximate surface area is 126 Å². The summed E-state index contributed by atoms with van der Waals surface area (Å²) in [5, 5.41) is 23.7. The molecule has 7 nitrogen and oxygen atoms in total. The van der Waals surface area contributed by atoms with Crippen LogP contribution < -0.4 is 5.32 Å². The molecule has 0 atom stereocenters. The molecule has 1 aromatic rings. The Bertz CT molecular complexity index is 525. The smallest absolute Gasteiger partial charge is 0.355 e. The van der Waals surface area contributed by atoms with Gasteiger partial charge in [-0.2, -0.15) is 0 Å². The Morgan fingerprint density at radius 3 is 2.71 bits per heavy atom. The summed E-state index contributed by atoms with van der Waals surface area (Å²) in [6, 6.07) is -0.303. The van der Waals surface area contributed by atoms with Crippen LogP contribution in [0.2, 0.25) is 0 Å². The Hall–Kier alpha value is -1.67. The SMILES string of the molecule is CN(CC1(O)CCCC1)C(=O)NCc1nc(C(=O)O)cs1. The number of nitrogens with one attached hydrogen (secondary N) is 1. The number of hydrogen-bond acceptors (Lipinski definition) is 5. The molecule has 0 saturated heterocycles. The van der Waals surface area contributed by atoms with Gasteiger partial charge >= 0.3 is 12.0 Å². The van der Waals surface area contributed by atoms with Gasteiger partial charge in [0, 0.05) is 12.4 Å². The van der Waals surface area contributed by atoms with E-state index in [0.717, 1.165) is 25.7 Å². The van der Waals surface area contributed by atoms with Gasteiger partial charge in [-0.05, 0) is 12.8 Å². The first-order chi connectivity index (χ1) is 9.89. The molecule has 1 saturated carbocycles. The zero-order chi connectivity index (χ0) is 15.5. The van der Waals surface area contributed by atoms with Crippen LogP contribution in [0.15, 0.2) is 5.38 Å². The number of carboxylic acid groups (broad SMARTS) is 1. The van der Waals surface area contributed by atoms with Gasteiger partial charge in [-0.3, -0.25) is 0 Å². The molecule has 0 aromatic carbocycles. The van der Waals surface area contributed by atoms with Crippen molar-refractivity contribution < 1.29 is 19.8 Å². The van der Waals surface area contributed by atoms with Crippen LogP contribution in [0.3, 0.4) is 0 Å². The van der Waals surface area contributed by atoms with Gasteiger partial charge < -0.3 is 20.4 Å². The van der Waals surface area contributed by atoms with Gasteiger partial charge in [0.05, 0.1) is 18.7 Å². The van der Waals surface area contributed by atoms with Crippen LogP contribution in [-0.4, -0.2) is 51.3 Å². The number of carbonyl (C=O) groups is 2. The van der Waals surface area contributed by atoms with Crippen molar-refractivity contribution in [1.29, 1.82) is 0 Å². The molecule has 0 radical (unpaired) electrons. The molecule has 1 aromatic heterocycles. The number of nitrogens with zero attached hydrogens (tertiary/aromatic N) is 2. The van der Waals surface area contributed by atoms with Gasteiger partial charge in [0.25, 0.3) is 0 Å². The molecular formula is C13H19N3O4S. The van der Waals surface area contributed by atoms with Crippen LogP contribution in [0, 0.1) is 0 Å². The van der Waals surface area contributed by atoms with Crippen molar-refractivity contribution in [2.75, 3.05) is 13.6 Å². The number of carbonyl (C=O) groups excluding carboxylic acids is 1. The molecule has 0 bridgehead atoms. The van der Waals surface area contributed by atoms with Crippen molar-refractivity contribution >= 4 is 23.3 Å². The van der Waals surface area contributed by atoms with E-state index in [0.29, 0.717) is 11.6 Å². The summed E-state index contributed by atoms with van der Waals surface area (Å²) in [6.45, 7) is 0.483. The molecular weight excluding hydrogens is 294 g/mol. The highest BCUT2D eigenvalue weighted by atomic mass is 32.1. The van der Waals surface area contributed by atoms with Crippen molar-refractivity contribution in [1.82, 2.24) is 15.2 Å². The number of hydrogen-bond donors (Lipinski definition) is 3. The van der Waals surface area contributed by atoms with Crippen LogP contribution in [0.25, 0.3) is 0 Å². The molecule has 1 aliphatic carbocycles. The van der Waals surface area contributed by atoms with Crippen LogP contribution in [0.4, 0.5) is 4.79 Å². The van der Waals surface area contributed by atoms with Gasteiger partial charge in [-0.25, -0.2) is 14.6 Å². The van der Waals surface area contributed by atoms with E-state index in [1.54, 1.807) is 7.05 Å². The summed E-state index contributed by atoms with van der Waals surface area (Å²) in [4.78, 5) is 28.0. The molecule has 116 valence electrons. The third-order valence-corrected chi connectivity index (χ3v) is 4.42. The lowest BCUT2D eigenvalue weighted by atomic mass is 10.0. The van der Waals surface area contributed by atoms with E-state index in [1.807, 2.05) is 0 Å². The Kier molecular flexibility index (Phi) is 4.79. The second kappa shape index (κ2) is 6.40. The first kappa shape index (κ1) is 15.7. The Morgan fingerprint density at radius 1 is 1.48 bits per heavy atom. The molecule has 1 fully saturated rings. The van der Waals surface area contributed by atoms with Gasteiger partial charge in [0.15, 0.2) is 5.69 Å². The molecule has 0 unspecified atom stereocenters. The lowest BCUT2D eigenvalue weighted by Crippen LogP contribution is -2.45. The van der Waals surface area contributed by atoms with E-state index in [-0.39, 0.29) is 18.3 Å². The maximum atomic E-state index is 12.0. The van der Waals surface area contributed by atoms with E-state index in [2.05, 4.69) is 10.3 Å². The highest BCUT2D eigenvalue weighted by Gasteiger charge is 2.33. The quantitative estimate of drug-likeness (QED) is 0.760. The zero-order valence-corrected chi connectivity index (χ0v) is 12.7. The number of urea groups is 1. The van der Waals surface area contributed by atoms with E-state index in [9.17, 15) is 14.7 Å². The molecule has 1 aliphatic rings. The summed E-state index contributed by atoms with van der Waals surface area (Å²) < 4.78 is 0. The fourth-order valence-electron chi connectivity index (χ4n) is 2.48. The predicted octanol–water partition coefficient (Wildman–Crippen LogP) is 1.29. The average molecular weight is 313 g/mol. The number of aromatic nitrogens is 1. The minimum atomic E-state index is -1.08. The van der Waals surface area contributed by atoms with E-state index in [4.69, 9.17) is 5.11 Å². The molecule has 0 spiro atoms. The molecule has 21 heavy (non-hydrogen) atoms. The van der Waals surface area contributed by atoms with Crippen molar-refractivity contribution in [3.63, 3.8) is 0 Å². The molecule has 0 aliphatic heterocycles. The van der Waals surface area contributed by atoms with Crippen LogP contribution in [0.5, 0.6) is 0 Å². The fourth-order valence-corrected chi connectivity index (χ4v) is 3.19. The molecule has 1 heterocycles. The summed E-state index contributed by atoms with van der Waals surface area (Å²) in [5.41, 5.74) is -0.790. The van der Waals surface area contributed by atoms with Crippen LogP contribution in [-0.2, 0) is 6.54 Å². The Morgan fingerprint density at radius 2 is 2.14 bits per heavy atom. The van der Waals surface area contributed by atoms with E-state index >= 15 is 0 Å². The van der Waals surface area contributed by atoms with Crippen molar-refractivity contribution in [2.45, 2.75) is 37.8 Å². The molecule has 3 N–H and O–H groups in total. The number of aliphatic hydroxyl groups is 1. The van der Waals surface area contributed by atoms with Crippen LogP contribution in [0.1, 0.15) is 41.2 Å². The second-order valence-electron chi connectivity index (χ2n) is 5.38. The van der Waals surface area contributed by atoms with E-state index in [1.165, 1.54) is 21.6 Å². The zero-order valence-electron chi connectivity index (χ0n) is 11.8. The summed E-state index contributed by atoms with van der Waals surface area (Å²) in [5.74, 6) is -1.08. The van der Waals surface area contributed by atoms with E-state index < -0.39 is 11.6 Å². The van der Waals surface area contributed by atoms with Crippen molar-refractivity contribution in [3.8, 4) is 0 Å². The Balaban J connectivity index is 1.81. The fraction of sp³-hybridized carbons (Fsp3) is 0.615. The van der Waals surface area contributed by atoms with Crippen LogP contribution >= 0.6 is 11.3 Å². The number of rotatable bonds is 5. The largest absolute Gasteiger partial charge is 0.476 e. The van der Waals surface area contributed by atoms with Gasteiger partial charge in [0.2, 0.25) is 0 Å². The third-order valence-electron chi connectivity index (χ3n) is 3.57. The minimum Gasteiger partial charge on any atom is -0.476 e. The van der Waals surface area contributed by atoms with Gasteiger partial charge in [-0.15, -0.1) is 11.3 Å². The van der Waals surface area contributed by atoms with Gasteiger partial charge in [-0.1, -0.05) is 12.8 Å². The summed E-state index contributed by atoms with van der Waals surface area (Å²) in [7, 11) is 1.64. The number of likely N-dealkylation sites (N-methyl/N-ethyl adjacent to an activating group) is 1. The average Bonchev–Trinajstić information content (AvgIpc) is 3.05. The number of thiazole rings is 1. The lowest BCUT2D eigenvalue weighted by molar-refractivity contribution is 0.0247. The normalized spacial score (nSPS) is 16.7. The van der Waals surface area contributed by atoms with Gasteiger partial charge in [0.1, 0.15) is 5.01 Å². The predicted molar refractivity (Wildman–Crippen MR) is 77.4 cm³/mol. The first-order valence-electron chi connectivity index (χ1n) is 6.79. The number of amides is 2.